The van der Waals surface area contributed by atoms with Gasteiger partial charge in [0.25, 0.3) is 0 Å². The molecule has 0 bridgehead atoms. The van der Waals surface area contributed by atoms with Crippen molar-refractivity contribution >= 4 is 23.2 Å². The Labute approximate surface area is 272 Å². The summed E-state index contributed by atoms with van der Waals surface area (Å²) in [5.74, 6) is 1.08. The number of hydrogen-bond donors (Lipinski definition) is 0. The first-order valence-corrected chi connectivity index (χ1v) is 16.2. The van der Waals surface area contributed by atoms with Crippen LogP contribution in [0.5, 0.6) is 11.8 Å². The van der Waals surface area contributed by atoms with Gasteiger partial charge < -0.3 is 28.9 Å². The van der Waals surface area contributed by atoms with Gasteiger partial charge in [0.05, 0.1) is 0 Å². The lowest BCUT2D eigenvalue weighted by atomic mass is 10.0. The third kappa shape index (κ3) is 7.39. The molecular weight excluding hydrogens is 576 g/mol. The highest BCUT2D eigenvalue weighted by atomic mass is 16.6. The number of carbonyl (C=O) groups excluding carboxylic acids is 1. The van der Waals surface area contributed by atoms with E-state index in [9.17, 15) is 4.79 Å². The Kier molecular flexibility index (Phi) is 9.33. The fraction of sp³-hybridized carbons (Fsp3) is 0.368. The van der Waals surface area contributed by atoms with Crippen LogP contribution >= 0.6 is 0 Å². The van der Waals surface area contributed by atoms with Gasteiger partial charge in [0.1, 0.15) is 24.5 Å². The van der Waals surface area contributed by atoms with E-state index in [1.165, 1.54) is 16.9 Å². The van der Waals surface area contributed by atoms with Gasteiger partial charge in [-0.15, -0.1) is 0 Å². The number of anilines is 3. The third-order valence-electron chi connectivity index (χ3n) is 8.59. The van der Waals surface area contributed by atoms with Gasteiger partial charge in [0.15, 0.2) is 0 Å². The molecule has 1 saturated heterocycles. The van der Waals surface area contributed by atoms with Crippen LogP contribution < -0.4 is 19.3 Å². The molecule has 6 rings (SSSR count). The molecule has 46 heavy (non-hydrogen) atoms. The Balaban J connectivity index is 1.19. The SMILES string of the molecule is CN(C(=O)OC(C)(C)C)C1CCN(c2cccc3c2CCN3c2ccc(OCc3ccccc3)nc2OCc2ccccc2)CC1. The van der Waals surface area contributed by atoms with E-state index in [0.717, 1.165) is 55.7 Å². The van der Waals surface area contributed by atoms with Crippen LogP contribution in [0.2, 0.25) is 0 Å². The molecule has 3 heterocycles. The molecule has 1 amide bonds. The number of amides is 1. The average Bonchev–Trinajstić information content (AvgIpc) is 3.50. The molecule has 0 aliphatic carbocycles. The molecule has 2 aliphatic rings. The largest absolute Gasteiger partial charge is 0.473 e. The zero-order valence-corrected chi connectivity index (χ0v) is 27.3. The van der Waals surface area contributed by atoms with Crippen molar-refractivity contribution in [3.8, 4) is 11.8 Å². The highest BCUT2D eigenvalue weighted by Crippen LogP contribution is 2.43. The number of pyridine rings is 1. The maximum absolute atomic E-state index is 12.7. The van der Waals surface area contributed by atoms with Crippen LogP contribution in [0.25, 0.3) is 0 Å². The van der Waals surface area contributed by atoms with Crippen molar-refractivity contribution in [3.05, 3.63) is 108 Å². The molecular formula is C38H44N4O4. The predicted molar refractivity (Wildman–Crippen MR) is 182 cm³/mol. The number of fused-ring (bicyclic) bond motifs is 1. The molecule has 1 fully saturated rings. The van der Waals surface area contributed by atoms with Crippen LogP contribution in [-0.2, 0) is 24.4 Å². The van der Waals surface area contributed by atoms with Gasteiger partial charge in [0, 0.05) is 55.7 Å². The maximum Gasteiger partial charge on any atom is 0.410 e. The van der Waals surface area contributed by atoms with Gasteiger partial charge in [-0.3, -0.25) is 0 Å². The summed E-state index contributed by atoms with van der Waals surface area (Å²) in [6.45, 7) is 9.17. The molecule has 0 N–H and O–H groups in total. The van der Waals surface area contributed by atoms with Gasteiger partial charge in [-0.1, -0.05) is 66.7 Å². The molecule has 0 radical (unpaired) electrons. The van der Waals surface area contributed by atoms with Crippen molar-refractivity contribution in [2.24, 2.45) is 0 Å². The molecule has 2 aliphatic heterocycles. The summed E-state index contributed by atoms with van der Waals surface area (Å²) in [5.41, 5.74) is 6.37. The number of hydrogen-bond acceptors (Lipinski definition) is 7. The molecule has 240 valence electrons. The fourth-order valence-electron chi connectivity index (χ4n) is 6.21. The number of rotatable bonds is 9. The zero-order valence-electron chi connectivity index (χ0n) is 27.3. The van der Waals surface area contributed by atoms with Crippen LogP contribution in [0, 0.1) is 0 Å². The van der Waals surface area contributed by atoms with Crippen molar-refractivity contribution in [1.82, 2.24) is 9.88 Å². The van der Waals surface area contributed by atoms with E-state index in [1.807, 2.05) is 82.4 Å². The van der Waals surface area contributed by atoms with Crippen LogP contribution in [-0.4, -0.2) is 54.3 Å². The zero-order chi connectivity index (χ0) is 32.1. The minimum atomic E-state index is -0.500. The first kappa shape index (κ1) is 31.3. The van der Waals surface area contributed by atoms with Crippen LogP contribution in [0.3, 0.4) is 0 Å². The Hall–Kier alpha value is -4.72. The molecule has 4 aromatic rings. The Bertz CT molecular complexity index is 1620. The van der Waals surface area contributed by atoms with Crippen molar-refractivity contribution in [2.45, 2.75) is 64.9 Å². The minimum Gasteiger partial charge on any atom is -0.473 e. The summed E-state index contributed by atoms with van der Waals surface area (Å²) < 4.78 is 18.1. The molecule has 0 spiro atoms. The predicted octanol–water partition coefficient (Wildman–Crippen LogP) is 7.77. The first-order chi connectivity index (χ1) is 22.2. The summed E-state index contributed by atoms with van der Waals surface area (Å²) in [4.78, 5) is 24.1. The number of carbonyl (C=O) groups is 1. The summed E-state index contributed by atoms with van der Waals surface area (Å²) in [6.07, 6.45) is 2.47. The van der Waals surface area contributed by atoms with Crippen LogP contribution in [0.4, 0.5) is 21.9 Å². The summed E-state index contributed by atoms with van der Waals surface area (Å²) in [5, 5.41) is 0. The second kappa shape index (κ2) is 13.7. The van der Waals surface area contributed by atoms with Crippen LogP contribution in [0.15, 0.2) is 91.0 Å². The second-order valence-corrected chi connectivity index (χ2v) is 13.0. The Morgan fingerprint density at radius 1 is 0.783 bits per heavy atom. The quantitative estimate of drug-likeness (QED) is 0.189. The number of aromatic nitrogens is 1. The summed E-state index contributed by atoms with van der Waals surface area (Å²) in [7, 11) is 1.86. The molecule has 8 nitrogen and oxygen atoms in total. The highest BCUT2D eigenvalue weighted by molar-refractivity contribution is 5.78. The van der Waals surface area contributed by atoms with Crippen molar-refractivity contribution in [1.29, 1.82) is 0 Å². The number of piperidine rings is 1. The molecule has 3 aromatic carbocycles. The standard InChI is InChI=1S/C38H44N4O4/c1-38(2,3)46-37(43)40(4)30-20-23-41(24-21-30)32-16-11-17-33-31(32)22-25-42(33)34-18-19-35(44-26-28-12-7-5-8-13-28)39-36(34)45-27-29-14-9-6-10-15-29/h5-19,30H,20-27H2,1-4H3. The van der Waals surface area contributed by atoms with E-state index >= 15 is 0 Å². The van der Waals surface area contributed by atoms with Gasteiger partial charge in [0.2, 0.25) is 11.8 Å². The van der Waals surface area contributed by atoms with E-state index < -0.39 is 5.60 Å². The topological polar surface area (TPSA) is 67.4 Å². The number of nitrogens with zero attached hydrogens (tertiary/aromatic N) is 4. The van der Waals surface area contributed by atoms with E-state index in [-0.39, 0.29) is 12.1 Å². The van der Waals surface area contributed by atoms with E-state index in [4.69, 9.17) is 19.2 Å². The number of benzene rings is 3. The third-order valence-corrected chi connectivity index (χ3v) is 8.59. The van der Waals surface area contributed by atoms with Gasteiger partial charge in [-0.05, 0) is 69.4 Å². The van der Waals surface area contributed by atoms with Crippen LogP contribution in [0.1, 0.15) is 50.3 Å². The van der Waals surface area contributed by atoms with E-state index in [1.54, 1.807) is 4.90 Å². The Morgan fingerprint density at radius 3 is 2.07 bits per heavy atom. The van der Waals surface area contributed by atoms with E-state index in [0.29, 0.717) is 25.0 Å². The highest BCUT2D eigenvalue weighted by Gasteiger charge is 2.32. The van der Waals surface area contributed by atoms with Crippen molar-refractivity contribution in [3.63, 3.8) is 0 Å². The average molecular weight is 621 g/mol. The lowest BCUT2D eigenvalue weighted by Crippen LogP contribution is -2.47. The Morgan fingerprint density at radius 2 is 1.41 bits per heavy atom. The van der Waals surface area contributed by atoms with Crippen molar-refractivity contribution in [2.75, 3.05) is 36.5 Å². The fourth-order valence-corrected chi connectivity index (χ4v) is 6.21. The summed E-state index contributed by atoms with van der Waals surface area (Å²) in [6, 6.07) is 31.0. The summed E-state index contributed by atoms with van der Waals surface area (Å²) >= 11 is 0. The number of ether oxygens (including phenoxy) is 3. The lowest BCUT2D eigenvalue weighted by Gasteiger charge is -2.38. The van der Waals surface area contributed by atoms with Gasteiger partial charge in [-0.2, -0.15) is 4.98 Å². The normalized spacial score (nSPS) is 15.0. The minimum absolute atomic E-state index is 0.164. The van der Waals surface area contributed by atoms with E-state index in [2.05, 4.69) is 46.2 Å². The lowest BCUT2D eigenvalue weighted by molar-refractivity contribution is 0.0201. The molecule has 0 atom stereocenters. The molecule has 0 unspecified atom stereocenters. The van der Waals surface area contributed by atoms with Crippen molar-refractivity contribution < 1.29 is 19.0 Å². The van der Waals surface area contributed by atoms with Gasteiger partial charge in [-0.25, -0.2) is 4.79 Å². The van der Waals surface area contributed by atoms with Gasteiger partial charge >= 0.3 is 6.09 Å². The monoisotopic (exact) mass is 620 g/mol. The second-order valence-electron chi connectivity index (χ2n) is 13.0. The molecule has 8 heteroatoms. The maximum atomic E-state index is 12.7. The molecule has 0 saturated carbocycles. The smallest absolute Gasteiger partial charge is 0.410 e. The molecule has 1 aromatic heterocycles. The first-order valence-electron chi connectivity index (χ1n) is 16.2.